The molecule has 132 valence electrons. The number of nitriles is 1. The van der Waals surface area contributed by atoms with Gasteiger partial charge in [-0.1, -0.05) is 0 Å². The second-order valence-electron chi connectivity index (χ2n) is 4.76. The first-order valence-corrected chi connectivity index (χ1v) is 7.49. The molecule has 0 amide bonds. The lowest BCUT2D eigenvalue weighted by Crippen LogP contribution is -2.43. The van der Waals surface area contributed by atoms with Crippen molar-refractivity contribution < 1.29 is 28.5 Å². The van der Waals surface area contributed by atoms with Gasteiger partial charge in [-0.25, -0.2) is 0 Å². The van der Waals surface area contributed by atoms with Crippen LogP contribution >= 0.6 is 0 Å². The maximum Gasteiger partial charge on any atom is 0.203 e. The number of hydrogen-bond acceptors (Lipinski definition) is 7. The Bertz CT molecular complexity index is 566. The minimum atomic E-state index is -1.67. The highest BCUT2D eigenvalue weighted by Crippen LogP contribution is 2.42. The van der Waals surface area contributed by atoms with E-state index in [1.807, 2.05) is 6.07 Å². The second-order valence-corrected chi connectivity index (χ2v) is 4.76. The van der Waals surface area contributed by atoms with Crippen LogP contribution in [-0.4, -0.2) is 47.1 Å². The van der Waals surface area contributed by atoms with Gasteiger partial charge in [0.1, 0.15) is 6.29 Å². The summed E-state index contributed by atoms with van der Waals surface area (Å²) in [5.41, 5.74) is -1.33. The number of carbonyl (C=O) groups excluding carboxylic acids is 1. The lowest BCUT2D eigenvalue weighted by molar-refractivity contribution is -0.168. The van der Waals surface area contributed by atoms with E-state index >= 15 is 0 Å². The number of nitrogens with zero attached hydrogens (tertiary/aromatic N) is 1. The third kappa shape index (κ3) is 3.61. The van der Waals surface area contributed by atoms with Gasteiger partial charge in [0.2, 0.25) is 5.75 Å². The van der Waals surface area contributed by atoms with Crippen LogP contribution in [0.4, 0.5) is 0 Å². The van der Waals surface area contributed by atoms with Gasteiger partial charge in [-0.2, -0.15) is 5.26 Å². The van der Waals surface area contributed by atoms with Gasteiger partial charge in [0.15, 0.2) is 23.2 Å². The molecule has 0 fully saturated rings. The zero-order valence-electron chi connectivity index (χ0n) is 14.6. The molecule has 24 heavy (non-hydrogen) atoms. The van der Waals surface area contributed by atoms with Crippen LogP contribution in [0.3, 0.4) is 0 Å². The first-order valence-electron chi connectivity index (χ1n) is 7.49. The van der Waals surface area contributed by atoms with Crippen LogP contribution in [0.25, 0.3) is 0 Å². The predicted molar refractivity (Wildman–Crippen MR) is 86.5 cm³/mol. The number of aldehydes is 1. The summed E-state index contributed by atoms with van der Waals surface area (Å²) >= 11 is 0. The Labute approximate surface area is 142 Å². The second kappa shape index (κ2) is 9.11. The predicted octanol–water partition coefficient (Wildman–Crippen LogP) is 2.07. The van der Waals surface area contributed by atoms with Crippen LogP contribution in [0.15, 0.2) is 12.1 Å². The lowest BCUT2D eigenvalue weighted by atomic mass is 9.82. The summed E-state index contributed by atoms with van der Waals surface area (Å²) in [6.45, 7) is 4.08. The van der Waals surface area contributed by atoms with Crippen molar-refractivity contribution in [3.63, 3.8) is 0 Å². The first-order chi connectivity index (χ1) is 11.6. The molecule has 0 aliphatic rings. The monoisotopic (exact) mass is 337 g/mol. The number of ether oxygens (including phenoxy) is 5. The van der Waals surface area contributed by atoms with Crippen molar-refractivity contribution in [2.45, 2.75) is 25.6 Å². The Morgan fingerprint density at radius 2 is 1.58 bits per heavy atom. The fraction of sp³-hybridized carbons (Fsp3) is 0.529. The topological polar surface area (TPSA) is 87.0 Å². The third-order valence-electron chi connectivity index (χ3n) is 3.52. The molecule has 1 aromatic rings. The van der Waals surface area contributed by atoms with Crippen LogP contribution in [0.5, 0.6) is 17.2 Å². The van der Waals surface area contributed by atoms with Crippen molar-refractivity contribution in [3.8, 4) is 23.3 Å². The molecule has 0 saturated heterocycles. The molecule has 0 N–H and O–H groups in total. The minimum absolute atomic E-state index is 0.284. The number of benzene rings is 1. The Balaban J connectivity index is 3.60. The van der Waals surface area contributed by atoms with E-state index in [0.717, 1.165) is 0 Å². The van der Waals surface area contributed by atoms with Gasteiger partial charge in [0.25, 0.3) is 0 Å². The highest BCUT2D eigenvalue weighted by molar-refractivity contribution is 5.76. The number of hydrogen-bond donors (Lipinski definition) is 0. The molecule has 1 rings (SSSR count). The van der Waals surface area contributed by atoms with E-state index in [4.69, 9.17) is 23.7 Å². The van der Waals surface area contributed by atoms with E-state index in [9.17, 15) is 10.1 Å². The molecule has 0 radical (unpaired) electrons. The average molecular weight is 337 g/mol. The fourth-order valence-electron chi connectivity index (χ4n) is 2.34. The Morgan fingerprint density at radius 3 is 1.88 bits per heavy atom. The van der Waals surface area contributed by atoms with E-state index < -0.39 is 11.7 Å². The summed E-state index contributed by atoms with van der Waals surface area (Å²) in [5.74, 6) is 1.03. The van der Waals surface area contributed by atoms with Gasteiger partial charge in [0.05, 0.1) is 27.4 Å². The highest BCUT2D eigenvalue weighted by atomic mass is 16.7. The van der Waals surface area contributed by atoms with Crippen LogP contribution in [0.2, 0.25) is 0 Å². The van der Waals surface area contributed by atoms with Crippen molar-refractivity contribution in [3.05, 3.63) is 17.7 Å². The smallest absolute Gasteiger partial charge is 0.203 e. The van der Waals surface area contributed by atoms with Gasteiger partial charge in [-0.15, -0.1) is 0 Å². The average Bonchev–Trinajstić information content (AvgIpc) is 2.62. The minimum Gasteiger partial charge on any atom is -0.493 e. The fourth-order valence-corrected chi connectivity index (χ4v) is 2.34. The molecule has 0 aromatic heterocycles. The summed E-state index contributed by atoms with van der Waals surface area (Å²) in [6.07, 6.45) is -0.540. The number of rotatable bonds is 10. The first kappa shape index (κ1) is 19.7. The molecule has 0 aliphatic carbocycles. The van der Waals surface area contributed by atoms with Crippen LogP contribution in [0, 0.1) is 11.3 Å². The van der Waals surface area contributed by atoms with Gasteiger partial charge in [-0.05, 0) is 31.5 Å². The molecule has 0 spiro atoms. The van der Waals surface area contributed by atoms with E-state index in [2.05, 4.69) is 0 Å². The largest absolute Gasteiger partial charge is 0.493 e. The molecule has 0 aliphatic heterocycles. The molecule has 1 atom stereocenters. The molecular formula is C17H23NO6. The third-order valence-corrected chi connectivity index (χ3v) is 3.52. The Kier molecular flexibility index (Phi) is 7.49. The molecular weight excluding hydrogens is 314 g/mol. The quantitative estimate of drug-likeness (QED) is 0.477. The molecule has 0 bridgehead atoms. The summed E-state index contributed by atoms with van der Waals surface area (Å²) in [7, 11) is 4.39. The van der Waals surface area contributed by atoms with Crippen molar-refractivity contribution in [1.82, 2.24) is 0 Å². The normalized spacial score (nSPS) is 13.0. The maximum absolute atomic E-state index is 11.9. The van der Waals surface area contributed by atoms with Gasteiger partial charge in [-0.3, -0.25) is 0 Å². The summed E-state index contributed by atoms with van der Waals surface area (Å²) < 4.78 is 26.8. The summed E-state index contributed by atoms with van der Waals surface area (Å²) in [6, 6.07) is 5.11. The lowest BCUT2D eigenvalue weighted by Gasteiger charge is -2.30. The van der Waals surface area contributed by atoms with Crippen LogP contribution < -0.4 is 14.2 Å². The van der Waals surface area contributed by atoms with Gasteiger partial charge < -0.3 is 28.5 Å². The summed E-state index contributed by atoms with van der Waals surface area (Å²) in [5, 5.41) is 9.75. The summed E-state index contributed by atoms with van der Waals surface area (Å²) in [4.78, 5) is 11.9. The Hall–Kier alpha value is -2.30. The molecule has 1 unspecified atom stereocenters. The van der Waals surface area contributed by atoms with Crippen LogP contribution in [-0.2, 0) is 19.7 Å². The Morgan fingerprint density at radius 1 is 1.08 bits per heavy atom. The highest BCUT2D eigenvalue weighted by Gasteiger charge is 2.44. The number of methoxy groups -OCH3 is 3. The van der Waals surface area contributed by atoms with E-state index in [1.165, 1.54) is 21.3 Å². The molecule has 0 saturated carbocycles. The van der Waals surface area contributed by atoms with Crippen molar-refractivity contribution in [2.24, 2.45) is 0 Å². The van der Waals surface area contributed by atoms with Crippen molar-refractivity contribution >= 4 is 6.29 Å². The molecule has 7 heteroatoms. The maximum atomic E-state index is 11.9. The zero-order valence-corrected chi connectivity index (χ0v) is 14.6. The SMILES string of the molecule is CCOC(OCC)C(C#N)(C=O)c1cc(OC)c(OC)c(OC)c1. The van der Waals surface area contributed by atoms with Crippen molar-refractivity contribution in [1.29, 1.82) is 5.26 Å². The van der Waals surface area contributed by atoms with Crippen LogP contribution in [0.1, 0.15) is 19.4 Å². The molecule has 1 aromatic carbocycles. The van der Waals surface area contributed by atoms with E-state index in [-0.39, 0.29) is 13.2 Å². The zero-order chi connectivity index (χ0) is 18.2. The standard InChI is InChI=1S/C17H23NO6/c1-6-23-16(24-7-2)17(10-18,11-19)12-8-13(20-3)15(22-5)14(9-12)21-4/h8-9,11,16H,6-7H2,1-5H3. The van der Waals surface area contributed by atoms with Gasteiger partial charge in [0, 0.05) is 13.2 Å². The number of carbonyl (C=O) groups is 1. The van der Waals surface area contributed by atoms with Gasteiger partial charge >= 0.3 is 0 Å². The molecule has 7 nitrogen and oxygen atoms in total. The molecule has 0 heterocycles. The van der Waals surface area contributed by atoms with E-state index in [0.29, 0.717) is 29.1 Å². The van der Waals surface area contributed by atoms with Crippen molar-refractivity contribution in [2.75, 3.05) is 34.5 Å². The van der Waals surface area contributed by atoms with E-state index in [1.54, 1.807) is 26.0 Å².